The van der Waals surface area contributed by atoms with E-state index in [-0.39, 0.29) is 6.61 Å². The summed E-state index contributed by atoms with van der Waals surface area (Å²) in [6.07, 6.45) is 4.20. The van der Waals surface area contributed by atoms with Gasteiger partial charge >= 0.3 is 12.1 Å². The number of thiazole rings is 1. The van der Waals surface area contributed by atoms with Crippen molar-refractivity contribution in [2.24, 2.45) is 0 Å². The quantitative estimate of drug-likeness (QED) is 0.132. The molecule has 0 aliphatic rings. The maximum absolute atomic E-state index is 13.1. The summed E-state index contributed by atoms with van der Waals surface area (Å²) >= 11 is 1.48. The highest BCUT2D eigenvalue weighted by Gasteiger charge is 2.30. The predicted molar refractivity (Wildman–Crippen MR) is 155 cm³/mol. The minimum Gasteiger partial charge on any atom is -0.480 e. The molecule has 0 unspecified atom stereocenters. The van der Waals surface area contributed by atoms with Crippen LogP contribution in [0, 0.1) is 0 Å². The summed E-state index contributed by atoms with van der Waals surface area (Å²) in [5.41, 5.74) is 1.92. The van der Waals surface area contributed by atoms with Crippen molar-refractivity contribution in [3.8, 4) is 16.3 Å². The van der Waals surface area contributed by atoms with E-state index >= 15 is 0 Å². The lowest BCUT2D eigenvalue weighted by atomic mass is 10.1. The van der Waals surface area contributed by atoms with Crippen LogP contribution in [0.3, 0.4) is 0 Å². The molecular formula is C31H34F3N3O3S. The number of pyridine rings is 1. The maximum atomic E-state index is 13.1. The molecule has 0 amide bonds. The Hall–Kier alpha value is -3.66. The fourth-order valence-corrected chi connectivity index (χ4v) is 5.53. The Morgan fingerprint density at radius 3 is 2.51 bits per heavy atom. The van der Waals surface area contributed by atoms with Gasteiger partial charge in [0.1, 0.15) is 22.0 Å². The molecule has 1 aromatic carbocycles. The minimum atomic E-state index is -4.38. The lowest BCUT2D eigenvalue weighted by Gasteiger charge is -2.20. The number of benzene rings is 1. The summed E-state index contributed by atoms with van der Waals surface area (Å²) in [5.74, 6) is 0.0281. The van der Waals surface area contributed by atoms with E-state index in [1.807, 2.05) is 16.8 Å². The van der Waals surface area contributed by atoms with Crippen LogP contribution in [0.2, 0.25) is 0 Å². The number of halogens is 3. The second-order valence-electron chi connectivity index (χ2n) is 10.7. The molecule has 0 fully saturated rings. The highest BCUT2D eigenvalue weighted by molar-refractivity contribution is 7.15. The first-order valence-electron chi connectivity index (χ1n) is 13.5. The number of esters is 1. The minimum absolute atomic E-state index is 0.232. The largest absolute Gasteiger partial charge is 0.480 e. The van der Waals surface area contributed by atoms with E-state index in [1.54, 1.807) is 33.0 Å². The lowest BCUT2D eigenvalue weighted by molar-refractivity contribution is -0.157. The van der Waals surface area contributed by atoms with Crippen LogP contribution >= 0.6 is 11.3 Å². The second kappa shape index (κ2) is 12.5. The number of fused-ring (bicyclic) bond motifs is 1. The molecule has 6 nitrogen and oxygen atoms in total. The molecule has 4 aromatic rings. The average molecular weight is 586 g/mol. The zero-order valence-corrected chi connectivity index (χ0v) is 24.5. The second-order valence-corrected chi connectivity index (χ2v) is 11.8. The number of alkyl halides is 3. The average Bonchev–Trinajstić information content (AvgIpc) is 3.50. The molecule has 3 aromatic heterocycles. The van der Waals surface area contributed by atoms with Crippen molar-refractivity contribution in [1.82, 2.24) is 14.5 Å². The van der Waals surface area contributed by atoms with Crippen LogP contribution in [0.1, 0.15) is 62.2 Å². The number of ether oxygens (including phenoxy) is 2. The van der Waals surface area contributed by atoms with Gasteiger partial charge in [0.25, 0.3) is 0 Å². The van der Waals surface area contributed by atoms with Gasteiger partial charge in [0.05, 0.1) is 24.0 Å². The molecule has 218 valence electrons. The fraction of sp³-hybridized carbons (Fsp3) is 0.387. The Labute approximate surface area is 241 Å². The molecular weight excluding hydrogens is 551 g/mol. The van der Waals surface area contributed by atoms with Crippen molar-refractivity contribution in [1.29, 1.82) is 0 Å². The molecule has 0 saturated carbocycles. The molecule has 0 radical (unpaired) electrons. The number of hydrogen-bond donors (Lipinski definition) is 0. The first-order chi connectivity index (χ1) is 19.4. The van der Waals surface area contributed by atoms with E-state index in [9.17, 15) is 18.0 Å². The number of rotatable bonds is 11. The van der Waals surface area contributed by atoms with Crippen molar-refractivity contribution in [2.75, 3.05) is 6.61 Å². The van der Waals surface area contributed by atoms with Gasteiger partial charge < -0.3 is 14.0 Å². The van der Waals surface area contributed by atoms with Gasteiger partial charge in [-0.15, -0.1) is 17.9 Å². The Balaban J connectivity index is 1.63. The summed E-state index contributed by atoms with van der Waals surface area (Å²) in [6, 6.07) is 7.10. The summed E-state index contributed by atoms with van der Waals surface area (Å²) in [7, 11) is 0. The first-order valence-corrected chi connectivity index (χ1v) is 14.3. The van der Waals surface area contributed by atoms with E-state index < -0.39 is 23.3 Å². The van der Waals surface area contributed by atoms with Gasteiger partial charge in [-0.1, -0.05) is 31.6 Å². The van der Waals surface area contributed by atoms with Crippen molar-refractivity contribution in [3.63, 3.8) is 0 Å². The molecule has 0 atom stereocenters. The zero-order valence-electron chi connectivity index (χ0n) is 23.7. The number of aromatic nitrogens is 3. The molecule has 0 aliphatic carbocycles. The van der Waals surface area contributed by atoms with Gasteiger partial charge in [0, 0.05) is 27.6 Å². The number of carbonyl (C=O) groups excluding carboxylic acids is 1. The number of carbonyl (C=O) groups is 1. The van der Waals surface area contributed by atoms with Crippen molar-refractivity contribution < 1.29 is 27.4 Å². The number of unbranched alkanes of at least 4 members (excludes halogenated alkanes) is 1. The lowest BCUT2D eigenvalue weighted by Crippen LogP contribution is -2.27. The van der Waals surface area contributed by atoms with Crippen LogP contribution in [0.5, 0.6) is 5.75 Å². The monoisotopic (exact) mass is 585 g/mol. The SMILES string of the molecule is C=CCc1c(OCC(=O)OC(C)(C)C)cnc2c1ccn2Cc1sc(-c2ccc(C(F)(F)F)cc2)nc1CCCC. The molecule has 0 spiro atoms. The predicted octanol–water partition coefficient (Wildman–Crippen LogP) is 8.02. The Morgan fingerprint density at radius 2 is 1.88 bits per heavy atom. The fourth-order valence-electron chi connectivity index (χ4n) is 4.41. The molecule has 0 aliphatic heterocycles. The third-order valence-electron chi connectivity index (χ3n) is 6.29. The molecule has 41 heavy (non-hydrogen) atoms. The molecule has 4 rings (SSSR count). The first kappa shape index (κ1) is 30.3. The van der Waals surface area contributed by atoms with E-state index in [4.69, 9.17) is 14.5 Å². The standard InChI is InChI=1S/C31H34F3N3O3S/c1-6-8-10-24-26(41-29(36-24)20-11-13-21(14-12-20)31(32,33)34)18-37-16-15-23-22(9-7-2)25(17-35-28(23)37)39-19-27(38)40-30(3,4)5/h7,11-17H,2,6,8-10,18-19H2,1,3-5H3. The molecule has 0 N–H and O–H groups in total. The van der Waals surface area contributed by atoms with Gasteiger partial charge in [-0.2, -0.15) is 13.2 Å². The highest BCUT2D eigenvalue weighted by Crippen LogP contribution is 2.35. The van der Waals surface area contributed by atoms with Crippen molar-refractivity contribution in [3.05, 3.63) is 77.1 Å². The van der Waals surface area contributed by atoms with Crippen molar-refractivity contribution in [2.45, 2.75) is 71.7 Å². The Bertz CT molecular complexity index is 1520. The topological polar surface area (TPSA) is 66.2 Å². The molecule has 0 saturated heterocycles. The van der Waals surface area contributed by atoms with Gasteiger partial charge in [0.15, 0.2) is 6.61 Å². The normalized spacial score (nSPS) is 12.1. The Kier molecular flexibility index (Phi) is 9.21. The maximum Gasteiger partial charge on any atom is 0.416 e. The summed E-state index contributed by atoms with van der Waals surface area (Å²) in [5, 5.41) is 1.57. The zero-order chi connectivity index (χ0) is 29.8. The van der Waals surface area contributed by atoms with E-state index in [0.29, 0.717) is 29.3 Å². The van der Waals surface area contributed by atoms with Crippen LogP contribution < -0.4 is 4.74 Å². The van der Waals surface area contributed by atoms with Crippen LogP contribution in [0.15, 0.2) is 55.4 Å². The van der Waals surface area contributed by atoms with Crippen LogP contribution in [0.4, 0.5) is 13.2 Å². The number of nitrogens with zero attached hydrogens (tertiary/aromatic N) is 3. The third kappa shape index (κ3) is 7.55. The van der Waals surface area contributed by atoms with Gasteiger partial charge in [-0.3, -0.25) is 0 Å². The smallest absolute Gasteiger partial charge is 0.416 e. The summed E-state index contributed by atoms with van der Waals surface area (Å²) in [6.45, 7) is 11.7. The number of hydrogen-bond acceptors (Lipinski definition) is 6. The van der Waals surface area contributed by atoms with E-state index in [2.05, 4.69) is 18.5 Å². The van der Waals surface area contributed by atoms with E-state index in [1.165, 1.54) is 23.5 Å². The van der Waals surface area contributed by atoms with Gasteiger partial charge in [0.2, 0.25) is 0 Å². The van der Waals surface area contributed by atoms with Gasteiger partial charge in [-0.05, 0) is 58.2 Å². The molecule has 3 heterocycles. The highest BCUT2D eigenvalue weighted by atomic mass is 32.1. The third-order valence-corrected chi connectivity index (χ3v) is 7.42. The van der Waals surface area contributed by atoms with Gasteiger partial charge in [-0.25, -0.2) is 14.8 Å². The summed E-state index contributed by atoms with van der Waals surface area (Å²) in [4.78, 5) is 22.7. The van der Waals surface area contributed by atoms with Crippen LogP contribution in [-0.4, -0.2) is 32.7 Å². The molecule has 0 bridgehead atoms. The molecule has 10 heteroatoms. The summed E-state index contributed by atoms with van der Waals surface area (Å²) < 4.78 is 52.3. The Morgan fingerprint density at radius 1 is 1.15 bits per heavy atom. The number of aryl methyl sites for hydroxylation is 1. The van der Waals surface area contributed by atoms with Crippen molar-refractivity contribution >= 4 is 28.3 Å². The van der Waals surface area contributed by atoms with Crippen LogP contribution in [0.25, 0.3) is 21.6 Å². The number of allylic oxidation sites excluding steroid dienone is 1. The van der Waals surface area contributed by atoms with E-state index in [0.717, 1.165) is 58.6 Å². The van der Waals surface area contributed by atoms with Crippen LogP contribution in [-0.2, 0) is 35.1 Å².